The van der Waals surface area contributed by atoms with Crippen LogP contribution in [0.3, 0.4) is 0 Å². The fourth-order valence-electron chi connectivity index (χ4n) is 3.04. The number of hydrogen-bond acceptors (Lipinski definition) is 5. The summed E-state index contributed by atoms with van der Waals surface area (Å²) in [5.74, 6) is 0.920. The van der Waals surface area contributed by atoms with Gasteiger partial charge in [0, 0.05) is 36.9 Å². The third-order valence-corrected chi connectivity index (χ3v) is 5.49. The second kappa shape index (κ2) is 7.94. The number of carbonyl (C=O) groups is 1. The lowest BCUT2D eigenvalue weighted by Gasteiger charge is -2.34. The Balaban J connectivity index is 1.66. The molecule has 2 aromatic heterocycles. The maximum atomic E-state index is 12.9. The minimum Gasteiger partial charge on any atom is -0.340 e. The van der Waals surface area contributed by atoms with E-state index in [1.54, 1.807) is 18.5 Å². The van der Waals surface area contributed by atoms with Gasteiger partial charge in [0.2, 0.25) is 11.9 Å². The molecule has 0 N–H and O–H groups in total. The minimum atomic E-state index is -0.00191. The van der Waals surface area contributed by atoms with Gasteiger partial charge in [-0.25, -0.2) is 9.97 Å². The molecule has 0 radical (unpaired) electrons. The van der Waals surface area contributed by atoms with Crippen molar-refractivity contribution in [2.45, 2.75) is 26.3 Å². The molecule has 1 aliphatic rings. The van der Waals surface area contributed by atoms with Gasteiger partial charge >= 0.3 is 0 Å². The van der Waals surface area contributed by atoms with Gasteiger partial charge in [0.05, 0.1) is 16.8 Å². The third kappa shape index (κ3) is 4.05. The Kier molecular flexibility index (Phi) is 5.68. The molecule has 1 aliphatic heterocycles. The van der Waals surface area contributed by atoms with E-state index < -0.39 is 0 Å². The van der Waals surface area contributed by atoms with Crippen molar-refractivity contribution < 1.29 is 4.79 Å². The van der Waals surface area contributed by atoms with Gasteiger partial charge < -0.3 is 9.80 Å². The predicted octanol–water partition coefficient (Wildman–Crippen LogP) is 3.46. The van der Waals surface area contributed by atoms with E-state index in [4.69, 9.17) is 11.6 Å². The van der Waals surface area contributed by atoms with E-state index in [1.807, 2.05) is 24.0 Å². The van der Waals surface area contributed by atoms with E-state index in [0.717, 1.165) is 28.6 Å². The van der Waals surface area contributed by atoms with E-state index in [2.05, 4.69) is 14.9 Å². The number of piperidine rings is 1. The summed E-state index contributed by atoms with van der Waals surface area (Å²) >= 11 is 7.53. The smallest absolute Gasteiger partial charge is 0.227 e. The topological polar surface area (TPSA) is 49.3 Å². The van der Waals surface area contributed by atoms with Gasteiger partial charge in [-0.15, -0.1) is 11.3 Å². The summed E-state index contributed by atoms with van der Waals surface area (Å²) in [5.41, 5.74) is 0. The third-order valence-electron chi connectivity index (χ3n) is 4.27. The zero-order valence-electron chi connectivity index (χ0n) is 13.7. The normalized spacial score (nSPS) is 17.8. The van der Waals surface area contributed by atoms with Crippen LogP contribution < -0.4 is 4.90 Å². The Bertz CT molecular complexity index is 678. The number of amides is 1. The number of rotatable bonds is 5. The second-order valence-corrected chi connectivity index (χ2v) is 7.69. The standard InChI is InChI=1S/C17H21ClN4OS/c1-2-21(12-14-6-7-15(18)24-14)16(23)13-5-3-10-22(11-13)17-19-8-4-9-20-17/h4,6-9,13H,2-3,5,10-12H2,1H3. The molecule has 0 bridgehead atoms. The van der Waals surface area contributed by atoms with Crippen LogP contribution in [0.15, 0.2) is 30.6 Å². The maximum absolute atomic E-state index is 12.9. The van der Waals surface area contributed by atoms with Crippen LogP contribution in [0.4, 0.5) is 5.95 Å². The SMILES string of the molecule is CCN(Cc1ccc(Cl)s1)C(=O)C1CCCN(c2ncccn2)C1. The van der Waals surface area contributed by atoms with Gasteiger partial charge in [-0.1, -0.05) is 11.6 Å². The van der Waals surface area contributed by atoms with Crippen molar-refractivity contribution in [3.8, 4) is 0 Å². The summed E-state index contributed by atoms with van der Waals surface area (Å²) in [7, 11) is 0. The van der Waals surface area contributed by atoms with Crippen LogP contribution in [-0.4, -0.2) is 40.4 Å². The molecule has 3 heterocycles. The largest absolute Gasteiger partial charge is 0.340 e. The second-order valence-electron chi connectivity index (χ2n) is 5.89. The highest BCUT2D eigenvalue weighted by atomic mass is 35.5. The van der Waals surface area contributed by atoms with Gasteiger partial charge in [-0.05, 0) is 38.0 Å². The molecule has 0 aliphatic carbocycles. The predicted molar refractivity (Wildman–Crippen MR) is 97.4 cm³/mol. The fourth-order valence-corrected chi connectivity index (χ4v) is 4.15. The highest BCUT2D eigenvalue weighted by Crippen LogP contribution is 2.25. The average molecular weight is 365 g/mol. The first-order valence-electron chi connectivity index (χ1n) is 8.22. The summed E-state index contributed by atoms with van der Waals surface area (Å²) in [5, 5.41) is 0. The van der Waals surface area contributed by atoms with Crippen molar-refractivity contribution >= 4 is 34.8 Å². The Morgan fingerprint density at radius 3 is 2.88 bits per heavy atom. The van der Waals surface area contributed by atoms with Crippen LogP contribution >= 0.6 is 22.9 Å². The van der Waals surface area contributed by atoms with E-state index in [0.29, 0.717) is 25.6 Å². The lowest BCUT2D eigenvalue weighted by molar-refractivity contribution is -0.136. The molecule has 5 nitrogen and oxygen atoms in total. The average Bonchev–Trinajstić information content (AvgIpc) is 3.05. The first-order chi connectivity index (χ1) is 11.7. The van der Waals surface area contributed by atoms with Gasteiger partial charge in [0.25, 0.3) is 0 Å². The number of nitrogens with zero attached hydrogens (tertiary/aromatic N) is 4. The summed E-state index contributed by atoms with van der Waals surface area (Å²) in [6.45, 7) is 4.94. The lowest BCUT2D eigenvalue weighted by atomic mass is 9.96. The lowest BCUT2D eigenvalue weighted by Crippen LogP contribution is -2.45. The molecule has 1 atom stereocenters. The number of anilines is 1. The van der Waals surface area contributed by atoms with Crippen molar-refractivity contribution in [2.75, 3.05) is 24.5 Å². The first-order valence-corrected chi connectivity index (χ1v) is 9.41. The summed E-state index contributed by atoms with van der Waals surface area (Å²) in [6.07, 6.45) is 5.39. The summed E-state index contributed by atoms with van der Waals surface area (Å²) < 4.78 is 0.763. The molecule has 1 unspecified atom stereocenters. The molecule has 0 spiro atoms. The van der Waals surface area contributed by atoms with E-state index in [9.17, 15) is 4.79 Å². The van der Waals surface area contributed by atoms with Crippen LogP contribution in [0.25, 0.3) is 0 Å². The Morgan fingerprint density at radius 1 is 1.42 bits per heavy atom. The van der Waals surface area contributed by atoms with E-state index in [-0.39, 0.29) is 11.8 Å². The number of aromatic nitrogens is 2. The Morgan fingerprint density at radius 2 is 2.21 bits per heavy atom. The monoisotopic (exact) mass is 364 g/mol. The fraction of sp³-hybridized carbons (Fsp3) is 0.471. The number of thiophene rings is 1. The molecule has 1 fully saturated rings. The molecule has 0 aromatic carbocycles. The zero-order valence-corrected chi connectivity index (χ0v) is 15.3. The number of halogens is 1. The number of carbonyl (C=O) groups excluding carboxylic acids is 1. The minimum absolute atomic E-state index is 0.00191. The highest BCUT2D eigenvalue weighted by Gasteiger charge is 2.30. The zero-order chi connectivity index (χ0) is 16.9. The molecule has 0 saturated carbocycles. The van der Waals surface area contributed by atoms with Crippen molar-refractivity contribution in [1.29, 1.82) is 0 Å². The van der Waals surface area contributed by atoms with E-state index in [1.165, 1.54) is 11.3 Å². The van der Waals surface area contributed by atoms with Gasteiger partial charge in [-0.3, -0.25) is 4.79 Å². The summed E-state index contributed by atoms with van der Waals surface area (Å²) in [4.78, 5) is 26.7. The maximum Gasteiger partial charge on any atom is 0.227 e. The molecular weight excluding hydrogens is 344 g/mol. The molecule has 1 saturated heterocycles. The van der Waals surface area contributed by atoms with Crippen LogP contribution in [0.1, 0.15) is 24.6 Å². The van der Waals surface area contributed by atoms with E-state index >= 15 is 0 Å². The Labute approximate surface area is 151 Å². The van der Waals surface area contributed by atoms with Crippen LogP contribution in [0.2, 0.25) is 4.34 Å². The van der Waals surface area contributed by atoms with Crippen LogP contribution in [0.5, 0.6) is 0 Å². The molecule has 3 rings (SSSR count). The highest BCUT2D eigenvalue weighted by molar-refractivity contribution is 7.16. The summed E-state index contributed by atoms with van der Waals surface area (Å²) in [6, 6.07) is 5.68. The van der Waals surface area contributed by atoms with Gasteiger partial charge in [0.15, 0.2) is 0 Å². The van der Waals surface area contributed by atoms with Crippen molar-refractivity contribution in [1.82, 2.24) is 14.9 Å². The molecule has 24 heavy (non-hydrogen) atoms. The Hall–Kier alpha value is -1.66. The van der Waals surface area contributed by atoms with Crippen molar-refractivity contribution in [2.24, 2.45) is 5.92 Å². The van der Waals surface area contributed by atoms with Crippen molar-refractivity contribution in [3.63, 3.8) is 0 Å². The molecule has 7 heteroatoms. The van der Waals surface area contributed by atoms with Gasteiger partial charge in [0.1, 0.15) is 0 Å². The van der Waals surface area contributed by atoms with Gasteiger partial charge in [-0.2, -0.15) is 0 Å². The van der Waals surface area contributed by atoms with Crippen LogP contribution in [-0.2, 0) is 11.3 Å². The van der Waals surface area contributed by atoms with Crippen molar-refractivity contribution in [3.05, 3.63) is 39.8 Å². The van der Waals surface area contributed by atoms with Crippen LogP contribution in [0, 0.1) is 5.92 Å². The quantitative estimate of drug-likeness (QED) is 0.815. The molecule has 1 amide bonds. The first kappa shape index (κ1) is 17.2. The molecular formula is C17H21ClN4OS. The number of hydrogen-bond donors (Lipinski definition) is 0. The molecule has 2 aromatic rings. The molecule has 128 valence electrons.